The Morgan fingerprint density at radius 1 is 1.50 bits per heavy atom. The predicted molar refractivity (Wildman–Crippen MR) is 72.4 cm³/mol. The third-order valence-corrected chi connectivity index (χ3v) is 3.94. The van der Waals surface area contributed by atoms with Gasteiger partial charge in [-0.1, -0.05) is 0 Å². The molecule has 0 saturated heterocycles. The maximum Gasteiger partial charge on any atom is 0.270 e. The van der Waals surface area contributed by atoms with Crippen molar-refractivity contribution in [2.24, 2.45) is 0 Å². The van der Waals surface area contributed by atoms with E-state index in [4.69, 9.17) is 0 Å². The van der Waals surface area contributed by atoms with Crippen molar-refractivity contribution in [3.05, 3.63) is 46.5 Å². The Hall–Kier alpha value is -1.49. The topological polar surface area (TPSA) is 41.0 Å². The summed E-state index contributed by atoms with van der Waals surface area (Å²) >= 11 is 3.35. The molecule has 0 aromatic carbocycles. The van der Waals surface area contributed by atoms with Crippen LogP contribution in [0.4, 0.5) is 0 Å². The van der Waals surface area contributed by atoms with Gasteiger partial charge in [0.2, 0.25) is 0 Å². The van der Waals surface area contributed by atoms with E-state index in [2.05, 4.69) is 44.7 Å². The molecule has 0 bridgehead atoms. The van der Waals surface area contributed by atoms with E-state index in [1.807, 2.05) is 17.0 Å². The standard InChI is InChI=1S/C13H14BrN3O/c1-9-12-3-2-4-16(12)5-6-17(9)13(18)11-7-10(14)8-15-11/h2-4,7-9,15H,5-6H2,1H3/t9-/m0/s1. The van der Waals surface area contributed by atoms with Crippen LogP contribution in [0.1, 0.15) is 29.1 Å². The van der Waals surface area contributed by atoms with Crippen molar-refractivity contribution in [2.45, 2.75) is 19.5 Å². The molecule has 18 heavy (non-hydrogen) atoms. The van der Waals surface area contributed by atoms with Crippen LogP contribution < -0.4 is 0 Å². The van der Waals surface area contributed by atoms with E-state index in [0.29, 0.717) is 5.69 Å². The molecule has 0 spiro atoms. The Balaban J connectivity index is 1.88. The highest BCUT2D eigenvalue weighted by Crippen LogP contribution is 2.27. The third kappa shape index (κ3) is 1.79. The molecular formula is C13H14BrN3O. The molecule has 3 rings (SSSR count). The number of carbonyl (C=O) groups excluding carboxylic acids is 1. The zero-order chi connectivity index (χ0) is 12.7. The minimum Gasteiger partial charge on any atom is -0.356 e. The van der Waals surface area contributed by atoms with Gasteiger partial charge >= 0.3 is 0 Å². The summed E-state index contributed by atoms with van der Waals surface area (Å²) in [6.07, 6.45) is 3.85. The first-order chi connectivity index (χ1) is 8.66. The summed E-state index contributed by atoms with van der Waals surface area (Å²) in [5.41, 5.74) is 1.83. The van der Waals surface area contributed by atoms with Crippen molar-refractivity contribution in [2.75, 3.05) is 6.54 Å². The summed E-state index contributed by atoms with van der Waals surface area (Å²) in [4.78, 5) is 17.3. The number of aromatic nitrogens is 2. The highest BCUT2D eigenvalue weighted by Gasteiger charge is 2.28. The first-order valence-electron chi connectivity index (χ1n) is 5.97. The summed E-state index contributed by atoms with van der Waals surface area (Å²) in [6, 6.07) is 6.05. The number of nitrogens with one attached hydrogen (secondary N) is 1. The van der Waals surface area contributed by atoms with Crippen LogP contribution in [0, 0.1) is 0 Å². The Morgan fingerprint density at radius 3 is 3.06 bits per heavy atom. The fourth-order valence-electron chi connectivity index (χ4n) is 2.50. The van der Waals surface area contributed by atoms with Gasteiger partial charge in [-0.25, -0.2) is 0 Å². The fourth-order valence-corrected chi connectivity index (χ4v) is 2.85. The van der Waals surface area contributed by atoms with E-state index < -0.39 is 0 Å². The summed E-state index contributed by atoms with van der Waals surface area (Å²) < 4.78 is 3.11. The van der Waals surface area contributed by atoms with Crippen LogP contribution in [0.3, 0.4) is 0 Å². The van der Waals surface area contributed by atoms with E-state index in [9.17, 15) is 4.79 Å². The molecule has 5 heteroatoms. The van der Waals surface area contributed by atoms with E-state index >= 15 is 0 Å². The minimum absolute atomic E-state index is 0.0562. The van der Waals surface area contributed by atoms with Crippen LogP contribution in [-0.2, 0) is 6.54 Å². The third-order valence-electron chi connectivity index (χ3n) is 3.48. The average Bonchev–Trinajstić information content (AvgIpc) is 2.97. The van der Waals surface area contributed by atoms with Crippen LogP contribution in [0.5, 0.6) is 0 Å². The van der Waals surface area contributed by atoms with Gasteiger partial charge in [-0.2, -0.15) is 0 Å². The molecule has 2 aromatic rings. The lowest BCUT2D eigenvalue weighted by atomic mass is 10.1. The van der Waals surface area contributed by atoms with Crippen molar-refractivity contribution in [3.63, 3.8) is 0 Å². The van der Waals surface area contributed by atoms with Crippen molar-refractivity contribution in [1.82, 2.24) is 14.5 Å². The van der Waals surface area contributed by atoms with Crippen LogP contribution in [0.2, 0.25) is 0 Å². The van der Waals surface area contributed by atoms with Gasteiger partial charge in [-0.05, 0) is 41.1 Å². The first-order valence-corrected chi connectivity index (χ1v) is 6.76. The zero-order valence-corrected chi connectivity index (χ0v) is 11.6. The smallest absolute Gasteiger partial charge is 0.270 e. The second-order valence-electron chi connectivity index (χ2n) is 4.53. The molecular weight excluding hydrogens is 294 g/mol. The molecule has 1 amide bonds. The van der Waals surface area contributed by atoms with Crippen LogP contribution in [-0.4, -0.2) is 26.9 Å². The highest BCUT2D eigenvalue weighted by atomic mass is 79.9. The number of aromatic amines is 1. The Morgan fingerprint density at radius 2 is 2.33 bits per heavy atom. The van der Waals surface area contributed by atoms with Crippen molar-refractivity contribution >= 4 is 21.8 Å². The van der Waals surface area contributed by atoms with Gasteiger partial charge in [0.15, 0.2) is 0 Å². The van der Waals surface area contributed by atoms with Crippen molar-refractivity contribution in [1.29, 1.82) is 0 Å². The molecule has 0 radical (unpaired) electrons. The number of carbonyl (C=O) groups is 1. The summed E-state index contributed by atoms with van der Waals surface area (Å²) in [5, 5.41) is 0. The second-order valence-corrected chi connectivity index (χ2v) is 5.45. The largest absolute Gasteiger partial charge is 0.356 e. The monoisotopic (exact) mass is 307 g/mol. The molecule has 1 atom stereocenters. The van der Waals surface area contributed by atoms with Gasteiger partial charge in [0.05, 0.1) is 6.04 Å². The van der Waals surface area contributed by atoms with E-state index in [1.165, 1.54) is 5.69 Å². The molecule has 0 unspecified atom stereocenters. The second kappa shape index (κ2) is 4.31. The molecule has 2 aromatic heterocycles. The van der Waals surface area contributed by atoms with Crippen LogP contribution in [0.25, 0.3) is 0 Å². The summed E-state index contributed by atoms with van der Waals surface area (Å²) in [6.45, 7) is 3.68. The number of amides is 1. The average molecular weight is 308 g/mol. The van der Waals surface area contributed by atoms with E-state index in [0.717, 1.165) is 17.6 Å². The molecule has 1 aliphatic rings. The molecule has 0 saturated carbocycles. The van der Waals surface area contributed by atoms with Gasteiger partial charge in [-0.3, -0.25) is 4.79 Å². The molecule has 94 valence electrons. The lowest BCUT2D eigenvalue weighted by Gasteiger charge is -2.34. The normalized spacial score (nSPS) is 18.8. The lowest BCUT2D eigenvalue weighted by molar-refractivity contribution is 0.0638. The molecule has 4 nitrogen and oxygen atoms in total. The fraction of sp³-hybridized carbons (Fsp3) is 0.308. The zero-order valence-electron chi connectivity index (χ0n) is 10.1. The molecule has 0 aliphatic carbocycles. The SMILES string of the molecule is C[C@H]1c2cccn2CCN1C(=O)c1cc(Br)c[nH]1. The van der Waals surface area contributed by atoms with Gasteiger partial charge < -0.3 is 14.5 Å². The van der Waals surface area contributed by atoms with Crippen LogP contribution >= 0.6 is 15.9 Å². The minimum atomic E-state index is 0.0562. The molecule has 1 N–H and O–H groups in total. The number of rotatable bonds is 1. The number of halogens is 1. The Bertz CT molecular complexity index is 587. The number of nitrogens with zero attached hydrogens (tertiary/aromatic N) is 2. The lowest BCUT2D eigenvalue weighted by Crippen LogP contribution is -2.40. The van der Waals surface area contributed by atoms with Gasteiger partial charge in [-0.15, -0.1) is 0 Å². The maximum atomic E-state index is 12.4. The number of fused-ring (bicyclic) bond motifs is 1. The van der Waals surface area contributed by atoms with Crippen molar-refractivity contribution in [3.8, 4) is 0 Å². The van der Waals surface area contributed by atoms with Gasteiger partial charge in [0.25, 0.3) is 5.91 Å². The van der Waals surface area contributed by atoms with E-state index in [-0.39, 0.29) is 11.9 Å². The Kier molecular flexibility index (Phi) is 2.78. The summed E-state index contributed by atoms with van der Waals surface area (Å²) in [5.74, 6) is 0.0562. The first kappa shape index (κ1) is 11.6. The van der Waals surface area contributed by atoms with E-state index in [1.54, 1.807) is 6.20 Å². The molecule has 1 aliphatic heterocycles. The summed E-state index contributed by atoms with van der Waals surface area (Å²) in [7, 11) is 0. The number of H-pyrrole nitrogens is 1. The highest BCUT2D eigenvalue weighted by molar-refractivity contribution is 9.10. The van der Waals surface area contributed by atoms with Crippen LogP contribution in [0.15, 0.2) is 35.1 Å². The molecule has 3 heterocycles. The maximum absolute atomic E-state index is 12.4. The van der Waals surface area contributed by atoms with Crippen molar-refractivity contribution < 1.29 is 4.79 Å². The number of hydrogen-bond donors (Lipinski definition) is 1. The molecule has 0 fully saturated rings. The number of hydrogen-bond acceptors (Lipinski definition) is 1. The van der Waals surface area contributed by atoms with Gasteiger partial charge in [0.1, 0.15) is 5.69 Å². The predicted octanol–water partition coefficient (Wildman–Crippen LogP) is 2.80. The quantitative estimate of drug-likeness (QED) is 0.865. The Labute approximate surface area is 114 Å². The van der Waals surface area contributed by atoms with Gasteiger partial charge in [0, 0.05) is 35.6 Å².